The summed E-state index contributed by atoms with van der Waals surface area (Å²) in [5.74, 6) is -5.59. The Balaban J connectivity index is 2.04. The molecule has 0 heterocycles. The van der Waals surface area contributed by atoms with Gasteiger partial charge in [0.05, 0.1) is 12.2 Å². The highest BCUT2D eigenvalue weighted by Gasteiger charge is 2.20. The maximum atomic E-state index is 13.5. The SMILES string of the molecule is CN(CC(=O)Nc1ccc(F)c(F)c1F)S(=O)(=O)/C=C/c1ccccc1. The molecule has 0 fully saturated rings. The highest BCUT2D eigenvalue weighted by molar-refractivity contribution is 7.92. The Kier molecular flexibility index (Phi) is 6.17. The van der Waals surface area contributed by atoms with Gasteiger partial charge in [0.2, 0.25) is 15.9 Å². The number of nitrogens with zero attached hydrogens (tertiary/aromatic N) is 1. The van der Waals surface area contributed by atoms with Crippen molar-refractivity contribution in [1.29, 1.82) is 0 Å². The first-order valence-corrected chi connectivity index (χ1v) is 8.84. The number of hydrogen-bond donors (Lipinski definition) is 1. The second kappa shape index (κ2) is 8.15. The van der Waals surface area contributed by atoms with Gasteiger partial charge in [-0.15, -0.1) is 0 Å². The van der Waals surface area contributed by atoms with Crippen LogP contribution in [0.25, 0.3) is 6.08 Å². The number of sulfonamides is 1. The van der Waals surface area contributed by atoms with Crippen molar-refractivity contribution >= 4 is 27.7 Å². The Bertz CT molecular complexity index is 932. The van der Waals surface area contributed by atoms with Crippen molar-refractivity contribution in [3.63, 3.8) is 0 Å². The monoisotopic (exact) mass is 384 g/mol. The lowest BCUT2D eigenvalue weighted by atomic mass is 10.2. The standard InChI is InChI=1S/C17H15F3N2O3S/c1-22(26(24,25)10-9-12-5-3-2-4-6-12)11-15(23)21-14-8-7-13(18)16(19)17(14)20/h2-10H,11H2,1H3,(H,21,23)/b10-9+. The van der Waals surface area contributed by atoms with Crippen LogP contribution in [-0.2, 0) is 14.8 Å². The van der Waals surface area contributed by atoms with Crippen LogP contribution in [0.15, 0.2) is 47.9 Å². The molecule has 0 radical (unpaired) electrons. The zero-order valence-corrected chi connectivity index (χ0v) is 14.4. The summed E-state index contributed by atoms with van der Waals surface area (Å²) in [6.45, 7) is -0.639. The van der Waals surface area contributed by atoms with E-state index in [1.165, 1.54) is 6.08 Å². The summed E-state index contributed by atoms with van der Waals surface area (Å²) >= 11 is 0. The van der Waals surface area contributed by atoms with E-state index in [4.69, 9.17) is 0 Å². The van der Waals surface area contributed by atoms with Gasteiger partial charge in [-0.05, 0) is 23.8 Å². The zero-order chi connectivity index (χ0) is 19.3. The number of halogens is 3. The number of carbonyl (C=O) groups is 1. The molecule has 0 unspecified atom stereocenters. The fourth-order valence-electron chi connectivity index (χ4n) is 1.94. The predicted octanol–water partition coefficient (Wildman–Crippen LogP) is 2.97. The molecule has 0 aliphatic rings. The number of anilines is 1. The van der Waals surface area contributed by atoms with Crippen LogP contribution in [-0.4, -0.2) is 32.2 Å². The molecule has 2 aromatic carbocycles. The fourth-order valence-corrected chi connectivity index (χ4v) is 2.77. The molecule has 1 amide bonds. The summed E-state index contributed by atoms with van der Waals surface area (Å²) < 4.78 is 64.5. The predicted molar refractivity (Wildman–Crippen MR) is 92.0 cm³/mol. The summed E-state index contributed by atoms with van der Waals surface area (Å²) in [5, 5.41) is 2.93. The molecule has 0 atom stereocenters. The van der Waals surface area contributed by atoms with E-state index in [1.807, 2.05) is 5.32 Å². The Morgan fingerprint density at radius 3 is 2.38 bits per heavy atom. The van der Waals surface area contributed by atoms with Crippen LogP contribution in [0.3, 0.4) is 0 Å². The number of hydrogen-bond acceptors (Lipinski definition) is 3. The van der Waals surface area contributed by atoms with Crippen molar-refractivity contribution in [2.45, 2.75) is 0 Å². The molecule has 0 saturated heterocycles. The molecule has 0 spiro atoms. The molecule has 2 rings (SSSR count). The number of rotatable bonds is 6. The van der Waals surface area contributed by atoms with E-state index in [0.717, 1.165) is 22.8 Å². The lowest BCUT2D eigenvalue weighted by Crippen LogP contribution is -2.34. The number of likely N-dealkylation sites (N-methyl/N-ethyl adjacent to an activating group) is 1. The van der Waals surface area contributed by atoms with E-state index in [-0.39, 0.29) is 0 Å². The van der Waals surface area contributed by atoms with Crippen molar-refractivity contribution in [2.75, 3.05) is 18.9 Å². The molecule has 1 N–H and O–H groups in total. The smallest absolute Gasteiger partial charge is 0.239 e. The van der Waals surface area contributed by atoms with E-state index >= 15 is 0 Å². The van der Waals surface area contributed by atoms with Crippen molar-refractivity contribution < 1.29 is 26.4 Å². The molecule has 0 aliphatic carbocycles. The first-order chi connectivity index (χ1) is 12.2. The Morgan fingerprint density at radius 1 is 1.08 bits per heavy atom. The van der Waals surface area contributed by atoms with E-state index in [0.29, 0.717) is 11.6 Å². The topological polar surface area (TPSA) is 66.5 Å². The van der Waals surface area contributed by atoms with Gasteiger partial charge in [-0.3, -0.25) is 4.79 Å². The highest BCUT2D eigenvalue weighted by Crippen LogP contribution is 2.19. The number of nitrogens with one attached hydrogen (secondary N) is 1. The summed E-state index contributed by atoms with van der Waals surface area (Å²) in [6, 6.07) is 10.1. The van der Waals surface area contributed by atoms with Crippen LogP contribution in [0.2, 0.25) is 0 Å². The minimum atomic E-state index is -3.91. The van der Waals surface area contributed by atoms with Gasteiger partial charge in [0.15, 0.2) is 17.5 Å². The van der Waals surface area contributed by atoms with Gasteiger partial charge >= 0.3 is 0 Å². The van der Waals surface area contributed by atoms with Crippen LogP contribution < -0.4 is 5.32 Å². The maximum Gasteiger partial charge on any atom is 0.239 e. The summed E-state index contributed by atoms with van der Waals surface area (Å²) in [4.78, 5) is 11.9. The lowest BCUT2D eigenvalue weighted by Gasteiger charge is -2.14. The third-order valence-corrected chi connectivity index (χ3v) is 4.82. The van der Waals surface area contributed by atoms with Crippen LogP contribution >= 0.6 is 0 Å². The number of carbonyl (C=O) groups excluding carboxylic acids is 1. The third kappa shape index (κ3) is 4.93. The largest absolute Gasteiger partial charge is 0.322 e. The normalized spacial score (nSPS) is 11.9. The second-order valence-corrected chi connectivity index (χ2v) is 7.21. The minimum absolute atomic E-state index is 0.584. The second-order valence-electron chi connectivity index (χ2n) is 5.29. The van der Waals surface area contributed by atoms with E-state index < -0.39 is 45.6 Å². The quantitative estimate of drug-likeness (QED) is 0.779. The molecule has 0 aromatic heterocycles. The van der Waals surface area contributed by atoms with Gasteiger partial charge in [0, 0.05) is 12.5 Å². The Hall–Kier alpha value is -2.65. The third-order valence-electron chi connectivity index (χ3n) is 3.34. The maximum absolute atomic E-state index is 13.5. The average molecular weight is 384 g/mol. The average Bonchev–Trinajstić information content (AvgIpc) is 2.61. The van der Waals surface area contributed by atoms with E-state index in [9.17, 15) is 26.4 Å². The first kappa shape index (κ1) is 19.7. The van der Waals surface area contributed by atoms with Crippen molar-refractivity contribution in [2.24, 2.45) is 0 Å². The van der Waals surface area contributed by atoms with Gasteiger partial charge in [-0.1, -0.05) is 30.3 Å². The zero-order valence-electron chi connectivity index (χ0n) is 13.6. The Labute approximate surface area is 148 Å². The van der Waals surface area contributed by atoms with Crippen LogP contribution in [0.4, 0.5) is 18.9 Å². The summed E-state index contributed by atoms with van der Waals surface area (Å²) in [7, 11) is -2.75. The van der Waals surface area contributed by atoms with Crippen LogP contribution in [0.1, 0.15) is 5.56 Å². The summed E-state index contributed by atoms with van der Waals surface area (Å²) in [5.41, 5.74) is 0.0670. The molecular weight excluding hydrogens is 369 g/mol. The van der Waals surface area contributed by atoms with Gasteiger partial charge < -0.3 is 5.32 Å². The Morgan fingerprint density at radius 2 is 1.73 bits per heavy atom. The van der Waals surface area contributed by atoms with Crippen molar-refractivity contribution in [3.05, 3.63) is 70.9 Å². The molecular formula is C17H15F3N2O3S. The first-order valence-electron chi connectivity index (χ1n) is 7.33. The van der Waals surface area contributed by atoms with Crippen molar-refractivity contribution in [1.82, 2.24) is 4.31 Å². The lowest BCUT2D eigenvalue weighted by molar-refractivity contribution is -0.116. The van der Waals surface area contributed by atoms with Crippen LogP contribution in [0, 0.1) is 17.5 Å². The minimum Gasteiger partial charge on any atom is -0.322 e. The van der Waals surface area contributed by atoms with Crippen LogP contribution in [0.5, 0.6) is 0 Å². The van der Waals surface area contributed by atoms with Gasteiger partial charge in [-0.25, -0.2) is 21.6 Å². The fraction of sp³-hybridized carbons (Fsp3) is 0.118. The molecule has 26 heavy (non-hydrogen) atoms. The molecule has 2 aromatic rings. The number of amides is 1. The van der Waals surface area contributed by atoms with Gasteiger partial charge in [0.1, 0.15) is 0 Å². The van der Waals surface area contributed by atoms with Crippen molar-refractivity contribution in [3.8, 4) is 0 Å². The molecule has 138 valence electrons. The molecule has 0 aliphatic heterocycles. The van der Waals surface area contributed by atoms with Gasteiger partial charge in [0.25, 0.3) is 0 Å². The van der Waals surface area contributed by atoms with E-state index in [2.05, 4.69) is 0 Å². The molecule has 0 saturated carbocycles. The molecule has 9 heteroatoms. The summed E-state index contributed by atoms with van der Waals surface area (Å²) in [6.07, 6.45) is 1.36. The van der Waals surface area contributed by atoms with Gasteiger partial charge in [-0.2, -0.15) is 4.31 Å². The molecule has 5 nitrogen and oxygen atoms in total. The number of benzene rings is 2. The highest BCUT2D eigenvalue weighted by atomic mass is 32.2. The molecule has 0 bridgehead atoms. The van der Waals surface area contributed by atoms with E-state index in [1.54, 1.807) is 30.3 Å².